The summed E-state index contributed by atoms with van der Waals surface area (Å²) in [5.41, 5.74) is 3.51. The summed E-state index contributed by atoms with van der Waals surface area (Å²) in [5.74, 6) is 2.38. The van der Waals surface area contributed by atoms with Crippen molar-refractivity contribution >= 4 is 21.5 Å². The molecule has 0 saturated heterocycles. The van der Waals surface area contributed by atoms with Gasteiger partial charge in [-0.25, -0.2) is 15.0 Å². The van der Waals surface area contributed by atoms with Crippen molar-refractivity contribution in [2.45, 2.75) is 52.4 Å². The number of aromatic nitrogens is 3. The molecule has 3 rings (SSSR count). The summed E-state index contributed by atoms with van der Waals surface area (Å²) in [7, 11) is 0. The van der Waals surface area contributed by atoms with Crippen LogP contribution in [0.5, 0.6) is 0 Å². The smallest absolute Gasteiger partial charge is 0.163 e. The average molecular weight is 450 g/mol. The maximum atomic E-state index is 4.84. The van der Waals surface area contributed by atoms with Crippen LogP contribution in [0.2, 0.25) is 0 Å². The first-order valence-electron chi connectivity index (χ1n) is 10.0. The van der Waals surface area contributed by atoms with Gasteiger partial charge in [0.2, 0.25) is 0 Å². The lowest BCUT2D eigenvalue weighted by Crippen LogP contribution is -2.11. The average Bonchev–Trinajstić information content (AvgIpc) is 2.92. The van der Waals surface area contributed by atoms with Crippen molar-refractivity contribution in [1.29, 1.82) is 0 Å². The maximum Gasteiger partial charge on any atom is 0.163 e. The summed E-state index contributed by atoms with van der Waals surface area (Å²) < 4.78 is 1.07. The maximum absolute atomic E-state index is 4.84. The van der Waals surface area contributed by atoms with E-state index in [1.807, 2.05) is 25.2 Å². The summed E-state index contributed by atoms with van der Waals surface area (Å²) in [5, 5.41) is 0. The zero-order chi connectivity index (χ0) is 21.0. The zero-order valence-electron chi connectivity index (χ0n) is 17.8. The Morgan fingerprint density at radius 3 is 2.38 bits per heavy atom. The van der Waals surface area contributed by atoms with Gasteiger partial charge in [0.15, 0.2) is 11.6 Å². The lowest BCUT2D eigenvalue weighted by atomic mass is 9.87. The molecule has 0 N–H and O–H groups in total. The van der Waals surface area contributed by atoms with Crippen molar-refractivity contribution in [3.8, 4) is 11.4 Å². The van der Waals surface area contributed by atoms with E-state index in [0.717, 1.165) is 39.5 Å². The third-order valence-corrected chi connectivity index (χ3v) is 5.50. The lowest BCUT2D eigenvalue weighted by Gasteiger charge is -2.19. The molecular weight excluding hydrogens is 422 g/mol. The highest BCUT2D eigenvalue weighted by atomic mass is 79.9. The highest BCUT2D eigenvalue weighted by Crippen LogP contribution is 2.28. The molecule has 2 aromatic rings. The molecule has 0 fully saturated rings. The number of benzene rings is 1. The van der Waals surface area contributed by atoms with Crippen LogP contribution in [0.15, 0.2) is 65.2 Å². The SMILES string of the molecule is C/C=C\C(C)c1nc(C2=CC=CC(Br)=CC2)nc(-c2ccc(C(C)(C)C)cc2)n1. The summed E-state index contributed by atoms with van der Waals surface area (Å²) >= 11 is 3.55. The van der Waals surface area contributed by atoms with Crippen LogP contribution < -0.4 is 0 Å². The second kappa shape index (κ2) is 9.00. The van der Waals surface area contributed by atoms with Gasteiger partial charge in [-0.2, -0.15) is 0 Å². The van der Waals surface area contributed by atoms with Gasteiger partial charge >= 0.3 is 0 Å². The second-order valence-corrected chi connectivity index (χ2v) is 9.24. The van der Waals surface area contributed by atoms with Gasteiger partial charge < -0.3 is 0 Å². The number of hydrogen-bond acceptors (Lipinski definition) is 3. The Labute approximate surface area is 182 Å². The molecule has 1 aliphatic carbocycles. The van der Waals surface area contributed by atoms with Crippen molar-refractivity contribution in [3.63, 3.8) is 0 Å². The van der Waals surface area contributed by atoms with E-state index in [-0.39, 0.29) is 11.3 Å². The summed E-state index contributed by atoms with van der Waals surface area (Å²) in [6.07, 6.45) is 13.2. The molecular formula is C25H28BrN3. The van der Waals surface area contributed by atoms with Gasteiger partial charge in [0, 0.05) is 21.5 Å². The Hall–Kier alpha value is -2.33. The van der Waals surface area contributed by atoms with Crippen LogP contribution in [-0.2, 0) is 5.41 Å². The minimum atomic E-state index is 0.117. The molecule has 1 aliphatic rings. The third kappa shape index (κ3) is 5.39. The third-order valence-electron chi connectivity index (χ3n) is 4.91. The summed E-state index contributed by atoms with van der Waals surface area (Å²) in [4.78, 5) is 14.4. The van der Waals surface area contributed by atoms with Crippen molar-refractivity contribution < 1.29 is 0 Å². The van der Waals surface area contributed by atoms with E-state index >= 15 is 0 Å². The molecule has 4 heteroatoms. The number of nitrogens with zero attached hydrogens (tertiary/aromatic N) is 3. The van der Waals surface area contributed by atoms with Gasteiger partial charge in [-0.3, -0.25) is 0 Å². The van der Waals surface area contributed by atoms with Crippen LogP contribution >= 0.6 is 15.9 Å². The number of hydrogen-bond donors (Lipinski definition) is 0. The van der Waals surface area contributed by atoms with E-state index in [0.29, 0.717) is 0 Å². The normalized spacial score (nSPS) is 15.8. The Bertz CT molecular complexity index is 987. The predicted octanol–water partition coefficient (Wildman–Crippen LogP) is 7.14. The fraction of sp³-hybridized carbons (Fsp3) is 0.320. The standard InChI is InChI=1S/C25H28BrN3/c1-6-8-17(2)22-27-23(18-9-7-10-21(26)16-13-18)29-24(28-22)19-11-14-20(15-12-19)25(3,4)5/h6-12,14-17H,13H2,1-5H3/b8-6-. The summed E-state index contributed by atoms with van der Waals surface area (Å²) in [6, 6.07) is 8.56. The van der Waals surface area contributed by atoms with Crippen molar-refractivity contribution in [3.05, 3.63) is 82.4 Å². The van der Waals surface area contributed by atoms with Crippen LogP contribution in [-0.4, -0.2) is 15.0 Å². The molecule has 0 spiro atoms. The van der Waals surface area contributed by atoms with Gasteiger partial charge in [-0.15, -0.1) is 0 Å². The van der Waals surface area contributed by atoms with Crippen molar-refractivity contribution in [1.82, 2.24) is 15.0 Å². The molecule has 29 heavy (non-hydrogen) atoms. The molecule has 0 aliphatic heterocycles. The largest absolute Gasteiger partial charge is 0.213 e. The Morgan fingerprint density at radius 2 is 1.72 bits per heavy atom. The minimum Gasteiger partial charge on any atom is -0.213 e. The Kier molecular flexibility index (Phi) is 6.63. The lowest BCUT2D eigenvalue weighted by molar-refractivity contribution is 0.590. The van der Waals surface area contributed by atoms with E-state index in [4.69, 9.17) is 15.0 Å². The first kappa shape index (κ1) is 21.4. The van der Waals surface area contributed by atoms with Crippen LogP contribution in [0.25, 0.3) is 17.0 Å². The monoisotopic (exact) mass is 449 g/mol. The van der Waals surface area contributed by atoms with E-state index in [2.05, 4.69) is 86.1 Å². The van der Waals surface area contributed by atoms with Crippen molar-refractivity contribution in [2.75, 3.05) is 0 Å². The molecule has 1 atom stereocenters. The van der Waals surface area contributed by atoms with Crippen molar-refractivity contribution in [2.24, 2.45) is 0 Å². The summed E-state index contributed by atoms with van der Waals surface area (Å²) in [6.45, 7) is 10.8. The molecule has 0 radical (unpaired) electrons. The van der Waals surface area contributed by atoms with E-state index in [1.165, 1.54) is 5.56 Å². The number of halogens is 1. The van der Waals surface area contributed by atoms with Gasteiger partial charge in [-0.1, -0.05) is 98.3 Å². The second-order valence-electron chi connectivity index (χ2n) is 8.33. The Balaban J connectivity index is 2.08. The first-order chi connectivity index (χ1) is 13.8. The highest BCUT2D eigenvalue weighted by molar-refractivity contribution is 9.11. The number of rotatable bonds is 4. The van der Waals surface area contributed by atoms with Gasteiger partial charge in [-0.05, 0) is 30.4 Å². The quantitative estimate of drug-likeness (QED) is 0.465. The van der Waals surface area contributed by atoms with Crippen LogP contribution in [0, 0.1) is 0 Å². The molecule has 150 valence electrons. The zero-order valence-corrected chi connectivity index (χ0v) is 19.4. The van der Waals surface area contributed by atoms with Gasteiger partial charge in [0.25, 0.3) is 0 Å². The van der Waals surface area contributed by atoms with E-state index < -0.39 is 0 Å². The fourth-order valence-electron chi connectivity index (χ4n) is 3.13. The first-order valence-corrected chi connectivity index (χ1v) is 10.8. The highest BCUT2D eigenvalue weighted by Gasteiger charge is 2.17. The predicted molar refractivity (Wildman–Crippen MR) is 126 cm³/mol. The van der Waals surface area contributed by atoms with Crippen LogP contribution in [0.3, 0.4) is 0 Å². The van der Waals surface area contributed by atoms with Crippen LogP contribution in [0.1, 0.15) is 64.2 Å². The molecule has 0 bridgehead atoms. The molecule has 1 unspecified atom stereocenters. The fourth-order valence-corrected chi connectivity index (χ4v) is 3.44. The van der Waals surface area contributed by atoms with Crippen LogP contribution in [0.4, 0.5) is 0 Å². The topological polar surface area (TPSA) is 38.7 Å². The van der Waals surface area contributed by atoms with Gasteiger partial charge in [0.05, 0.1) is 0 Å². The van der Waals surface area contributed by atoms with Gasteiger partial charge in [0.1, 0.15) is 5.82 Å². The molecule has 0 amide bonds. The molecule has 3 nitrogen and oxygen atoms in total. The minimum absolute atomic E-state index is 0.117. The molecule has 0 saturated carbocycles. The van der Waals surface area contributed by atoms with E-state index in [1.54, 1.807) is 0 Å². The molecule has 1 heterocycles. The Morgan fingerprint density at radius 1 is 1.03 bits per heavy atom. The number of allylic oxidation sites excluding steroid dienone is 8. The molecule has 1 aromatic heterocycles. The van der Waals surface area contributed by atoms with E-state index in [9.17, 15) is 0 Å². The molecule has 1 aromatic carbocycles.